The number of fused-ring (bicyclic) bond motifs is 14. The van der Waals surface area contributed by atoms with Crippen LogP contribution < -0.4 is 15.7 Å². The van der Waals surface area contributed by atoms with E-state index in [1.54, 1.807) is 0 Å². The molecule has 9 aromatic carbocycles. The van der Waals surface area contributed by atoms with Gasteiger partial charge in [-0.05, 0) is 123 Å². The fourth-order valence-corrected chi connectivity index (χ4v) is 9.32. The van der Waals surface area contributed by atoms with Crippen LogP contribution in [0.1, 0.15) is 37.0 Å². The maximum atomic E-state index is 10.1. The Hall–Kier alpha value is -7.41. The number of para-hydroxylation sites is 3. The van der Waals surface area contributed by atoms with Crippen LogP contribution in [0.15, 0.2) is 195 Å². The Labute approximate surface area is 386 Å². The lowest BCUT2D eigenvalue weighted by atomic mass is 9.57. The SMILES string of the molecule is [2H]c1c(-c2ccc3c(oc4c([2H])c([2H])c5c(oc6c([2H])c([2H])c([2H])c([2H])c65)c43)c2[2H])cc2c(c1[2H])Oc1c([2H])c(-c3c([2H])c([2H])c([2H])c(-n4c5c([2H])c([2H])c([2H])c([2H])c5c5c([2H])c([2H])c([2H])c([2H])c54)c3[2H])c([2H])c3c1B2Sc1c([2H])c([2H])c([2H])c([2H])c1-3. The van der Waals surface area contributed by atoms with E-state index >= 15 is 0 Å². The molecule has 0 aliphatic carbocycles. The zero-order valence-corrected chi connectivity index (χ0v) is 30.7. The maximum absolute atomic E-state index is 10.1. The Balaban J connectivity index is 1.03. The predicted molar refractivity (Wildman–Crippen MR) is 249 cm³/mol. The summed E-state index contributed by atoms with van der Waals surface area (Å²) in [5, 5.41) is -0.886. The molecule has 6 heteroatoms. The number of benzene rings is 9. The van der Waals surface area contributed by atoms with E-state index in [0.717, 1.165) is 16.2 Å². The van der Waals surface area contributed by atoms with Crippen molar-refractivity contribution in [3.63, 3.8) is 0 Å². The average molecular weight is 811 g/mol. The third-order valence-electron chi connectivity index (χ3n) is 10.6. The van der Waals surface area contributed by atoms with Gasteiger partial charge in [0.1, 0.15) is 33.8 Å². The summed E-state index contributed by atoms with van der Waals surface area (Å²) in [5.41, 5.74) is -4.91. The normalized spacial score (nSPS) is 19.3. The molecule has 0 radical (unpaired) electrons. The molecule has 12 aromatic rings. The van der Waals surface area contributed by atoms with Gasteiger partial charge in [0.15, 0.2) is 0 Å². The Morgan fingerprint density at radius 1 is 0.500 bits per heavy atom. The quantitative estimate of drug-likeness (QED) is 0.167. The van der Waals surface area contributed by atoms with Crippen LogP contribution in [0.2, 0.25) is 0 Å². The lowest BCUT2D eigenvalue weighted by Crippen LogP contribution is -2.46. The molecule has 0 saturated carbocycles. The van der Waals surface area contributed by atoms with Gasteiger partial charge < -0.3 is 18.1 Å². The van der Waals surface area contributed by atoms with Crippen LogP contribution in [-0.2, 0) is 0 Å². The first-order valence-corrected chi connectivity index (χ1v) is 19.0. The van der Waals surface area contributed by atoms with Gasteiger partial charge in [-0.1, -0.05) is 103 Å². The molecule has 0 saturated heterocycles. The molecule has 4 nitrogen and oxygen atoms in total. The first kappa shape index (κ1) is 16.3. The standard InChI is InChI=1S/C54H30BNO3S/c1-5-16-44-36(12-1)37-13-2-6-17-45(37)56(44)35-11-9-10-31(26-35)34-27-42-39-15-4-8-19-51(39)60-55-43-28-32(21-24-47(43)57-50(30-34)53(42)55)33-20-22-41-49(29-33)58-48-25-23-40-38-14-3-7-18-46(38)59-54(40)52(41)48/h1-30H/i1D,2D,3D,4D,5D,6D,7D,8D,9D,10D,11D,12D,13D,14D,15D,16D,17D,18D,19D,21D,23D,24D,25D,26D,27D,29D,30D. The van der Waals surface area contributed by atoms with Crippen molar-refractivity contribution in [1.82, 2.24) is 4.57 Å². The summed E-state index contributed by atoms with van der Waals surface area (Å²) in [7, 11) is 0. The van der Waals surface area contributed by atoms with Crippen molar-refractivity contribution in [2.75, 3.05) is 0 Å². The molecule has 5 heterocycles. The number of hydrogen-bond donors (Lipinski definition) is 0. The van der Waals surface area contributed by atoms with Gasteiger partial charge in [0.25, 0.3) is 5.99 Å². The molecule has 0 N–H and O–H groups in total. The molecular formula is C54H30BNO3S. The number of ether oxygens (including phenoxy) is 1. The third-order valence-corrected chi connectivity index (χ3v) is 11.9. The van der Waals surface area contributed by atoms with Crippen LogP contribution in [0.3, 0.4) is 0 Å². The average Bonchev–Trinajstić information content (AvgIpc) is 1.64. The summed E-state index contributed by atoms with van der Waals surface area (Å²) >= 11 is 0.828. The van der Waals surface area contributed by atoms with E-state index in [4.69, 9.17) is 35.5 Å². The number of nitrogens with zero attached hydrogens (tertiary/aromatic N) is 1. The summed E-state index contributed by atoms with van der Waals surface area (Å²) in [6.45, 7) is 0. The fourth-order valence-electron chi connectivity index (χ4n) is 8.06. The molecule has 2 aliphatic heterocycles. The van der Waals surface area contributed by atoms with E-state index in [-0.39, 0.29) is 87.7 Å². The highest BCUT2D eigenvalue weighted by atomic mass is 32.2. The molecular weight excluding hydrogens is 753 g/mol. The first-order valence-electron chi connectivity index (χ1n) is 31.7. The minimum Gasteiger partial charge on any atom is -0.458 e. The van der Waals surface area contributed by atoms with Crippen molar-refractivity contribution in [2.45, 2.75) is 4.90 Å². The largest absolute Gasteiger partial charge is 0.458 e. The maximum Gasteiger partial charge on any atom is 0.289 e. The van der Waals surface area contributed by atoms with E-state index < -0.39 is 214 Å². The van der Waals surface area contributed by atoms with Crippen LogP contribution in [0.4, 0.5) is 0 Å². The second-order valence-electron chi connectivity index (χ2n) is 13.8. The lowest BCUT2D eigenvalue weighted by molar-refractivity contribution is 0.488. The van der Waals surface area contributed by atoms with Crippen LogP contribution >= 0.6 is 11.6 Å². The molecule has 278 valence electrons. The van der Waals surface area contributed by atoms with Gasteiger partial charge >= 0.3 is 0 Å². The third kappa shape index (κ3) is 4.54. The van der Waals surface area contributed by atoms with Crippen molar-refractivity contribution in [3.05, 3.63) is 181 Å². The minimum atomic E-state index is -1.27. The summed E-state index contributed by atoms with van der Waals surface area (Å²) in [6.07, 6.45) is 0. The molecule has 60 heavy (non-hydrogen) atoms. The molecule has 0 unspecified atom stereocenters. The molecule has 2 aliphatic rings. The van der Waals surface area contributed by atoms with Gasteiger partial charge in [0, 0.05) is 37.5 Å². The summed E-state index contributed by atoms with van der Waals surface area (Å²) in [6, 6.07) is -15.1. The second-order valence-corrected chi connectivity index (χ2v) is 14.9. The summed E-state index contributed by atoms with van der Waals surface area (Å²) < 4.78 is 264. The van der Waals surface area contributed by atoms with Gasteiger partial charge in [-0.15, -0.1) is 0 Å². The fraction of sp³-hybridized carbons (Fsp3) is 0. The number of hydrogen-bond acceptors (Lipinski definition) is 4. The van der Waals surface area contributed by atoms with Gasteiger partial charge in [0.05, 0.1) is 53.4 Å². The monoisotopic (exact) mass is 810 g/mol. The van der Waals surface area contributed by atoms with Crippen LogP contribution in [0.25, 0.3) is 105 Å². The van der Waals surface area contributed by atoms with Gasteiger partial charge in [-0.3, -0.25) is 0 Å². The molecule has 0 fully saturated rings. The van der Waals surface area contributed by atoms with E-state index in [9.17, 15) is 15.1 Å². The van der Waals surface area contributed by atoms with E-state index in [2.05, 4.69) is 0 Å². The first-order chi connectivity index (χ1) is 41.0. The summed E-state index contributed by atoms with van der Waals surface area (Å²) in [5.74, 6) is -2.14. The van der Waals surface area contributed by atoms with Gasteiger partial charge in [-0.2, -0.15) is 11.6 Å². The predicted octanol–water partition coefficient (Wildman–Crippen LogP) is 13.9. The Morgan fingerprint density at radius 3 is 2.18 bits per heavy atom. The van der Waals surface area contributed by atoms with Gasteiger partial charge in [-0.25, -0.2) is 0 Å². The lowest BCUT2D eigenvalue weighted by Gasteiger charge is -2.33. The van der Waals surface area contributed by atoms with Crippen molar-refractivity contribution in [2.24, 2.45) is 0 Å². The molecule has 0 atom stereocenters. The van der Waals surface area contributed by atoms with Crippen molar-refractivity contribution in [1.29, 1.82) is 0 Å². The molecule has 0 amide bonds. The van der Waals surface area contributed by atoms with E-state index in [1.165, 1.54) is 18.2 Å². The molecule has 0 bridgehead atoms. The van der Waals surface area contributed by atoms with Crippen LogP contribution in [0, 0.1) is 0 Å². The Kier molecular flexibility index (Phi) is 3.29. The van der Waals surface area contributed by atoms with Gasteiger partial charge in [0.2, 0.25) is 0 Å². The Morgan fingerprint density at radius 2 is 1.30 bits per heavy atom. The highest BCUT2D eigenvalue weighted by molar-refractivity contribution is 8.28. The smallest absolute Gasteiger partial charge is 0.289 e. The summed E-state index contributed by atoms with van der Waals surface area (Å²) in [4.78, 5) is -0.152. The van der Waals surface area contributed by atoms with Crippen LogP contribution in [-0.4, -0.2) is 10.6 Å². The highest BCUT2D eigenvalue weighted by Crippen LogP contribution is 2.46. The van der Waals surface area contributed by atoms with Crippen molar-refractivity contribution >= 4 is 94.2 Å². The topological polar surface area (TPSA) is 40.4 Å². The number of furan rings is 2. The zero-order chi connectivity index (χ0) is 62.5. The highest BCUT2D eigenvalue weighted by Gasteiger charge is 2.39. The molecule has 3 aromatic heterocycles. The van der Waals surface area contributed by atoms with Crippen molar-refractivity contribution in [3.8, 4) is 50.6 Å². The minimum absolute atomic E-state index is 0.0343. The molecule has 0 spiro atoms. The number of rotatable bonds is 3. The Bertz CT molecular complexity index is 5330. The van der Waals surface area contributed by atoms with E-state index in [0.29, 0.717) is 0 Å². The van der Waals surface area contributed by atoms with Crippen LogP contribution in [0.5, 0.6) is 11.5 Å². The van der Waals surface area contributed by atoms with E-state index in [1.807, 2.05) is 0 Å². The second kappa shape index (κ2) is 12.1. The molecule has 14 rings (SSSR count). The zero-order valence-electron chi connectivity index (χ0n) is 56.9. The van der Waals surface area contributed by atoms with Crippen molar-refractivity contribution < 1.29 is 50.6 Å². The number of aromatic nitrogens is 1.